The van der Waals surface area contributed by atoms with Crippen LogP contribution >= 0.6 is 0 Å². The Morgan fingerprint density at radius 3 is 2.97 bits per heavy atom. The number of primary sulfonamides is 1. The number of sulfonamides is 1. The molecule has 0 radical (unpaired) electrons. The summed E-state index contributed by atoms with van der Waals surface area (Å²) in [5, 5.41) is 21.7. The van der Waals surface area contributed by atoms with Crippen LogP contribution in [0.15, 0.2) is 46.6 Å². The van der Waals surface area contributed by atoms with Crippen molar-refractivity contribution in [2.45, 2.75) is 24.7 Å². The number of piperidine rings is 1. The molecule has 0 saturated carbocycles. The van der Waals surface area contributed by atoms with Crippen LogP contribution in [0.25, 0.3) is 11.0 Å². The molecule has 1 unspecified atom stereocenters. The van der Waals surface area contributed by atoms with E-state index in [1.807, 2.05) is 13.0 Å². The fraction of sp³-hybridized carbons (Fsp3) is 0.316. The third kappa shape index (κ3) is 4.07. The smallest absolute Gasteiger partial charge is 0.238 e. The third-order valence-electron chi connectivity index (χ3n) is 5.28. The number of aromatic amines is 1. The van der Waals surface area contributed by atoms with Gasteiger partial charge >= 0.3 is 0 Å². The summed E-state index contributed by atoms with van der Waals surface area (Å²) in [5.74, 6) is 1.25. The Hall–Kier alpha value is -3.18. The van der Waals surface area contributed by atoms with Gasteiger partial charge in [-0.3, -0.25) is 0 Å². The highest BCUT2D eigenvalue weighted by Gasteiger charge is 2.25. The second-order valence-corrected chi connectivity index (χ2v) is 8.90. The van der Waals surface area contributed by atoms with E-state index >= 15 is 0 Å². The largest absolute Gasteiger partial charge is 0.411 e. The predicted molar refractivity (Wildman–Crippen MR) is 115 cm³/mol. The highest BCUT2D eigenvalue weighted by atomic mass is 32.2. The molecule has 4 rings (SSSR count). The van der Waals surface area contributed by atoms with Crippen molar-refractivity contribution < 1.29 is 13.6 Å². The molecule has 0 bridgehead atoms. The molecule has 1 fully saturated rings. The SMILES string of the molecule is CC(=NO)C1CCCN(c2nc(Nc3cccc(S(N)(=O)=O)c3)nc3[nH]ccc23)C1. The van der Waals surface area contributed by atoms with E-state index in [-0.39, 0.29) is 10.8 Å². The molecule has 1 aliphatic rings. The van der Waals surface area contributed by atoms with E-state index < -0.39 is 10.0 Å². The first-order valence-corrected chi connectivity index (χ1v) is 11.1. The maximum Gasteiger partial charge on any atom is 0.238 e. The Balaban J connectivity index is 1.68. The van der Waals surface area contributed by atoms with E-state index in [9.17, 15) is 8.42 Å². The molecule has 30 heavy (non-hydrogen) atoms. The molecule has 1 aromatic carbocycles. The fourth-order valence-electron chi connectivity index (χ4n) is 3.69. The van der Waals surface area contributed by atoms with Crippen LogP contribution < -0.4 is 15.4 Å². The van der Waals surface area contributed by atoms with Gasteiger partial charge < -0.3 is 20.4 Å². The highest BCUT2D eigenvalue weighted by molar-refractivity contribution is 7.89. The lowest BCUT2D eigenvalue weighted by atomic mass is 9.94. The summed E-state index contributed by atoms with van der Waals surface area (Å²) >= 11 is 0. The molecular weight excluding hydrogens is 406 g/mol. The van der Waals surface area contributed by atoms with E-state index in [0.717, 1.165) is 30.6 Å². The zero-order valence-corrected chi connectivity index (χ0v) is 17.2. The molecule has 11 heteroatoms. The van der Waals surface area contributed by atoms with Crippen LogP contribution in [0.2, 0.25) is 0 Å². The van der Waals surface area contributed by atoms with Crippen molar-refractivity contribution >= 4 is 44.2 Å². The van der Waals surface area contributed by atoms with Crippen LogP contribution in [-0.2, 0) is 10.0 Å². The number of fused-ring (bicyclic) bond motifs is 1. The Kier molecular flexibility index (Phi) is 5.31. The monoisotopic (exact) mass is 429 g/mol. The molecule has 5 N–H and O–H groups in total. The first kappa shape index (κ1) is 20.1. The van der Waals surface area contributed by atoms with Crippen LogP contribution in [0.3, 0.4) is 0 Å². The second kappa shape index (κ2) is 7.92. The molecule has 3 aromatic rings. The average molecular weight is 430 g/mol. The van der Waals surface area contributed by atoms with Gasteiger partial charge in [0.15, 0.2) is 0 Å². The zero-order valence-electron chi connectivity index (χ0n) is 16.4. The number of oxime groups is 1. The molecule has 1 aliphatic heterocycles. The van der Waals surface area contributed by atoms with Crippen LogP contribution in [0.4, 0.5) is 17.5 Å². The Morgan fingerprint density at radius 1 is 1.37 bits per heavy atom. The maximum absolute atomic E-state index is 11.6. The summed E-state index contributed by atoms with van der Waals surface area (Å²) in [5.41, 5.74) is 1.88. The minimum Gasteiger partial charge on any atom is -0.411 e. The lowest BCUT2D eigenvalue weighted by Gasteiger charge is -2.33. The van der Waals surface area contributed by atoms with Crippen molar-refractivity contribution in [1.29, 1.82) is 0 Å². The minimum absolute atomic E-state index is 0.00585. The second-order valence-electron chi connectivity index (χ2n) is 7.34. The molecule has 0 spiro atoms. The van der Waals surface area contributed by atoms with Gasteiger partial charge in [-0.1, -0.05) is 11.2 Å². The van der Waals surface area contributed by atoms with Gasteiger partial charge in [-0.15, -0.1) is 0 Å². The molecule has 10 nitrogen and oxygen atoms in total. The molecule has 0 aliphatic carbocycles. The first-order valence-electron chi connectivity index (χ1n) is 9.53. The quantitative estimate of drug-likeness (QED) is 0.276. The molecule has 2 aromatic heterocycles. The van der Waals surface area contributed by atoms with Crippen molar-refractivity contribution in [3.8, 4) is 0 Å². The zero-order chi connectivity index (χ0) is 21.3. The predicted octanol–water partition coefficient (Wildman–Crippen LogP) is 2.42. The summed E-state index contributed by atoms with van der Waals surface area (Å²) in [4.78, 5) is 14.5. The number of nitrogens with one attached hydrogen (secondary N) is 2. The fourth-order valence-corrected chi connectivity index (χ4v) is 4.25. The summed E-state index contributed by atoms with van der Waals surface area (Å²) in [6.07, 6.45) is 3.71. The normalized spacial score (nSPS) is 18.0. The van der Waals surface area contributed by atoms with Crippen LogP contribution in [-0.4, -0.2) is 47.4 Å². The van der Waals surface area contributed by atoms with Gasteiger partial charge in [0.1, 0.15) is 11.5 Å². The standard InChI is InChI=1S/C19H23N7O3S/c1-12(25-27)13-4-3-9-26(11-13)18-16-7-8-21-17(16)23-19(24-18)22-14-5-2-6-15(10-14)30(20,28)29/h2,5-8,10,13,27H,3-4,9,11H2,1H3,(H2,20,28,29)(H2,21,22,23,24). The molecule has 0 amide bonds. The lowest BCUT2D eigenvalue weighted by molar-refractivity contribution is 0.312. The van der Waals surface area contributed by atoms with Crippen molar-refractivity contribution in [2.24, 2.45) is 16.2 Å². The van der Waals surface area contributed by atoms with E-state index in [1.54, 1.807) is 18.3 Å². The summed E-state index contributed by atoms with van der Waals surface area (Å²) < 4.78 is 23.3. The third-order valence-corrected chi connectivity index (χ3v) is 6.19. The number of anilines is 3. The topological polar surface area (TPSA) is 150 Å². The van der Waals surface area contributed by atoms with Gasteiger partial charge in [0.05, 0.1) is 16.0 Å². The molecule has 1 saturated heterocycles. The van der Waals surface area contributed by atoms with E-state index in [0.29, 0.717) is 29.5 Å². The van der Waals surface area contributed by atoms with Crippen LogP contribution in [0.5, 0.6) is 0 Å². The highest BCUT2D eigenvalue weighted by Crippen LogP contribution is 2.30. The van der Waals surface area contributed by atoms with Gasteiger partial charge in [-0.05, 0) is 44.0 Å². The van der Waals surface area contributed by atoms with E-state index in [2.05, 4.69) is 25.3 Å². The Bertz CT molecular complexity index is 1210. The van der Waals surface area contributed by atoms with Crippen LogP contribution in [0, 0.1) is 5.92 Å². The minimum atomic E-state index is -3.81. The summed E-state index contributed by atoms with van der Waals surface area (Å²) in [6.45, 7) is 3.34. The molecule has 3 heterocycles. The van der Waals surface area contributed by atoms with E-state index in [1.165, 1.54) is 12.1 Å². The van der Waals surface area contributed by atoms with Crippen molar-refractivity contribution in [3.63, 3.8) is 0 Å². The number of H-pyrrole nitrogens is 1. The molecule has 1 atom stereocenters. The first-order chi connectivity index (χ1) is 14.3. The molecular formula is C19H23N7O3S. The van der Waals surface area contributed by atoms with Gasteiger partial charge in [0, 0.05) is 30.9 Å². The van der Waals surface area contributed by atoms with Crippen LogP contribution in [0.1, 0.15) is 19.8 Å². The number of benzene rings is 1. The van der Waals surface area contributed by atoms with Gasteiger partial charge in [-0.2, -0.15) is 9.97 Å². The van der Waals surface area contributed by atoms with Crippen molar-refractivity contribution in [2.75, 3.05) is 23.3 Å². The lowest BCUT2D eigenvalue weighted by Crippen LogP contribution is -2.38. The van der Waals surface area contributed by atoms with E-state index in [4.69, 9.17) is 15.3 Å². The number of hydrogen-bond acceptors (Lipinski definition) is 8. The number of nitrogens with two attached hydrogens (primary N) is 1. The summed E-state index contributed by atoms with van der Waals surface area (Å²) in [7, 11) is -3.81. The number of aromatic nitrogens is 3. The summed E-state index contributed by atoms with van der Waals surface area (Å²) in [6, 6.07) is 8.11. The Labute approximate surface area is 173 Å². The van der Waals surface area contributed by atoms with Gasteiger partial charge in [0.25, 0.3) is 0 Å². The maximum atomic E-state index is 11.6. The van der Waals surface area contributed by atoms with Gasteiger partial charge in [0.2, 0.25) is 16.0 Å². The number of nitrogens with zero attached hydrogens (tertiary/aromatic N) is 4. The molecule has 158 valence electrons. The van der Waals surface area contributed by atoms with Gasteiger partial charge in [-0.25, -0.2) is 13.6 Å². The number of hydrogen-bond donors (Lipinski definition) is 4. The average Bonchev–Trinajstić information content (AvgIpc) is 3.21. The number of rotatable bonds is 5. The van der Waals surface area contributed by atoms with Crippen molar-refractivity contribution in [3.05, 3.63) is 36.5 Å². The Morgan fingerprint density at radius 2 is 2.20 bits per heavy atom. The van der Waals surface area contributed by atoms with Crippen molar-refractivity contribution in [1.82, 2.24) is 15.0 Å².